The quantitative estimate of drug-likeness (QED) is 0.787. The van der Waals surface area contributed by atoms with Crippen LogP contribution in [0, 0.1) is 5.92 Å². The van der Waals surface area contributed by atoms with Gasteiger partial charge in [-0.2, -0.15) is 0 Å². The maximum absolute atomic E-state index is 12.3. The summed E-state index contributed by atoms with van der Waals surface area (Å²) in [4.78, 5) is 0.329. The summed E-state index contributed by atoms with van der Waals surface area (Å²) in [7, 11) is -3.28. The van der Waals surface area contributed by atoms with E-state index < -0.39 is 15.1 Å². The first kappa shape index (κ1) is 16.5. The molecule has 1 atom stereocenters. The molecular weight excluding hydrogens is 282 g/mol. The molecule has 1 aromatic carbocycles. The van der Waals surface area contributed by atoms with Gasteiger partial charge in [0.15, 0.2) is 9.84 Å². The van der Waals surface area contributed by atoms with Crippen LogP contribution >= 0.6 is 11.6 Å². The number of hydrogen-bond donors (Lipinski definition) is 1. The van der Waals surface area contributed by atoms with E-state index in [1.54, 1.807) is 31.2 Å². The van der Waals surface area contributed by atoms with Gasteiger partial charge in [0.2, 0.25) is 0 Å². The van der Waals surface area contributed by atoms with Gasteiger partial charge in [-0.3, -0.25) is 0 Å². The SMILES string of the molecule is CC(C)CCNCC(C)S(=O)(=O)c1ccc(Cl)cc1. The van der Waals surface area contributed by atoms with Gasteiger partial charge in [0.1, 0.15) is 0 Å². The van der Waals surface area contributed by atoms with Gasteiger partial charge in [0.25, 0.3) is 0 Å². The maximum atomic E-state index is 12.3. The number of halogens is 1. The molecule has 0 spiro atoms. The standard InChI is InChI=1S/C14H22ClNO2S/c1-11(2)8-9-16-10-12(3)19(17,18)14-6-4-13(15)5-7-14/h4-7,11-12,16H,8-10H2,1-3H3. The van der Waals surface area contributed by atoms with Crippen molar-refractivity contribution in [3.8, 4) is 0 Å². The lowest BCUT2D eigenvalue weighted by molar-refractivity contribution is 0.528. The molecule has 3 nitrogen and oxygen atoms in total. The number of benzene rings is 1. The fraction of sp³-hybridized carbons (Fsp3) is 0.571. The lowest BCUT2D eigenvalue weighted by atomic mass is 10.1. The summed E-state index contributed by atoms with van der Waals surface area (Å²) < 4.78 is 24.6. The molecule has 0 amide bonds. The van der Waals surface area contributed by atoms with Crippen molar-refractivity contribution >= 4 is 21.4 Å². The zero-order valence-corrected chi connectivity index (χ0v) is 13.3. The molecule has 1 rings (SSSR count). The largest absolute Gasteiger partial charge is 0.315 e. The Morgan fingerprint density at radius 3 is 2.26 bits per heavy atom. The van der Waals surface area contributed by atoms with E-state index in [1.165, 1.54) is 0 Å². The third kappa shape index (κ3) is 5.13. The summed E-state index contributed by atoms with van der Waals surface area (Å²) in [6.07, 6.45) is 1.05. The van der Waals surface area contributed by atoms with Crippen molar-refractivity contribution in [2.75, 3.05) is 13.1 Å². The second kappa shape index (κ2) is 7.27. The zero-order chi connectivity index (χ0) is 14.5. The molecule has 0 heterocycles. The molecule has 0 aliphatic heterocycles. The van der Waals surface area contributed by atoms with Crippen LogP contribution in [-0.2, 0) is 9.84 Å². The van der Waals surface area contributed by atoms with E-state index in [0.717, 1.165) is 13.0 Å². The van der Waals surface area contributed by atoms with Gasteiger partial charge < -0.3 is 5.32 Å². The lowest BCUT2D eigenvalue weighted by Crippen LogP contribution is -2.32. The van der Waals surface area contributed by atoms with E-state index in [4.69, 9.17) is 11.6 Å². The highest BCUT2D eigenvalue weighted by Gasteiger charge is 2.22. The average molecular weight is 304 g/mol. The van der Waals surface area contributed by atoms with Crippen molar-refractivity contribution in [1.29, 1.82) is 0 Å². The molecule has 0 aliphatic rings. The van der Waals surface area contributed by atoms with Gasteiger partial charge in [0, 0.05) is 11.6 Å². The van der Waals surface area contributed by atoms with Crippen LogP contribution in [0.2, 0.25) is 5.02 Å². The van der Waals surface area contributed by atoms with E-state index in [2.05, 4.69) is 19.2 Å². The zero-order valence-electron chi connectivity index (χ0n) is 11.7. The highest BCUT2D eigenvalue weighted by atomic mass is 35.5. The number of sulfone groups is 1. The van der Waals surface area contributed by atoms with Gasteiger partial charge in [-0.05, 0) is 50.1 Å². The van der Waals surface area contributed by atoms with Gasteiger partial charge >= 0.3 is 0 Å². The summed E-state index contributed by atoms with van der Waals surface area (Å²) in [5, 5.41) is 3.30. The predicted octanol–water partition coefficient (Wildman–Crippen LogP) is 3.14. The maximum Gasteiger partial charge on any atom is 0.182 e. The Morgan fingerprint density at radius 2 is 1.74 bits per heavy atom. The third-order valence-electron chi connectivity index (χ3n) is 3.00. The van der Waals surface area contributed by atoms with Crippen molar-refractivity contribution < 1.29 is 8.42 Å². The van der Waals surface area contributed by atoms with Crippen LogP contribution in [0.5, 0.6) is 0 Å². The molecule has 0 saturated heterocycles. The van der Waals surface area contributed by atoms with Crippen LogP contribution in [0.1, 0.15) is 27.2 Å². The molecule has 1 aromatic rings. The molecule has 5 heteroatoms. The average Bonchev–Trinajstić information content (AvgIpc) is 2.34. The number of rotatable bonds is 7. The normalized spacial score (nSPS) is 13.7. The van der Waals surface area contributed by atoms with E-state index in [-0.39, 0.29) is 0 Å². The first-order chi connectivity index (χ1) is 8.84. The highest BCUT2D eigenvalue weighted by molar-refractivity contribution is 7.92. The second-order valence-electron chi connectivity index (χ2n) is 5.20. The smallest absolute Gasteiger partial charge is 0.182 e. The summed E-state index contributed by atoms with van der Waals surface area (Å²) in [6, 6.07) is 6.32. The second-order valence-corrected chi connectivity index (χ2v) is 8.00. The molecule has 0 saturated carbocycles. The Hall–Kier alpha value is -0.580. The van der Waals surface area contributed by atoms with Crippen molar-refractivity contribution in [2.24, 2.45) is 5.92 Å². The number of nitrogens with one attached hydrogen (secondary N) is 1. The summed E-state index contributed by atoms with van der Waals surface area (Å²) in [5.41, 5.74) is 0. The summed E-state index contributed by atoms with van der Waals surface area (Å²) in [5.74, 6) is 0.621. The first-order valence-electron chi connectivity index (χ1n) is 6.54. The van der Waals surface area contributed by atoms with Crippen molar-refractivity contribution in [3.05, 3.63) is 29.3 Å². The minimum atomic E-state index is -3.28. The van der Waals surface area contributed by atoms with E-state index in [0.29, 0.717) is 22.4 Å². The van der Waals surface area contributed by atoms with Crippen molar-refractivity contribution in [3.63, 3.8) is 0 Å². The molecular formula is C14H22ClNO2S. The van der Waals surface area contributed by atoms with Gasteiger partial charge in [-0.15, -0.1) is 0 Å². The predicted molar refractivity (Wildman–Crippen MR) is 80.4 cm³/mol. The Balaban J connectivity index is 2.59. The van der Waals surface area contributed by atoms with Gasteiger partial charge in [-0.1, -0.05) is 25.4 Å². The topological polar surface area (TPSA) is 46.2 Å². The molecule has 0 aliphatic carbocycles. The summed E-state index contributed by atoms with van der Waals surface area (Å²) >= 11 is 5.77. The molecule has 19 heavy (non-hydrogen) atoms. The van der Waals surface area contributed by atoms with Crippen LogP contribution in [-0.4, -0.2) is 26.8 Å². The molecule has 0 aromatic heterocycles. The monoisotopic (exact) mass is 303 g/mol. The fourth-order valence-electron chi connectivity index (χ4n) is 1.66. The lowest BCUT2D eigenvalue weighted by Gasteiger charge is -2.14. The Morgan fingerprint density at radius 1 is 1.16 bits per heavy atom. The molecule has 108 valence electrons. The Kier molecular flexibility index (Phi) is 6.30. The van der Waals surface area contributed by atoms with Crippen LogP contribution in [0.3, 0.4) is 0 Å². The first-order valence-corrected chi connectivity index (χ1v) is 8.46. The Bertz CT molecular complexity index is 483. The number of hydrogen-bond acceptors (Lipinski definition) is 3. The third-order valence-corrected chi connectivity index (χ3v) is 5.41. The van der Waals surface area contributed by atoms with Crippen molar-refractivity contribution in [1.82, 2.24) is 5.32 Å². The van der Waals surface area contributed by atoms with Crippen LogP contribution in [0.15, 0.2) is 29.2 Å². The van der Waals surface area contributed by atoms with E-state index in [1.807, 2.05) is 0 Å². The van der Waals surface area contributed by atoms with Gasteiger partial charge in [0.05, 0.1) is 10.1 Å². The van der Waals surface area contributed by atoms with Crippen LogP contribution in [0.4, 0.5) is 0 Å². The molecule has 1 unspecified atom stereocenters. The minimum absolute atomic E-state index is 0.329. The van der Waals surface area contributed by atoms with Crippen LogP contribution in [0.25, 0.3) is 0 Å². The minimum Gasteiger partial charge on any atom is -0.315 e. The van der Waals surface area contributed by atoms with E-state index >= 15 is 0 Å². The molecule has 0 fully saturated rings. The fourth-order valence-corrected chi connectivity index (χ4v) is 3.11. The molecule has 1 N–H and O–H groups in total. The molecule has 0 radical (unpaired) electrons. The van der Waals surface area contributed by atoms with Gasteiger partial charge in [-0.25, -0.2) is 8.42 Å². The van der Waals surface area contributed by atoms with E-state index in [9.17, 15) is 8.42 Å². The highest BCUT2D eigenvalue weighted by Crippen LogP contribution is 2.18. The Labute approximate surface area is 121 Å². The van der Waals surface area contributed by atoms with Crippen molar-refractivity contribution in [2.45, 2.75) is 37.3 Å². The molecule has 0 bridgehead atoms. The summed E-state index contributed by atoms with van der Waals surface area (Å²) in [6.45, 7) is 7.34. The van der Waals surface area contributed by atoms with Crippen LogP contribution < -0.4 is 5.32 Å².